The number of carbonyl (C=O) groups is 1. The minimum atomic E-state index is -1.12. The van der Waals surface area contributed by atoms with E-state index in [2.05, 4.69) is 15.4 Å². The Labute approximate surface area is 125 Å². The highest BCUT2D eigenvalue weighted by atomic mass is 19.2. The standard InChI is InChI=1S/C14H15F2N3O3/c1-4-21-9-6-8(11(16)10(15)7(9)3)12-13(18-19-17-12)14(20)22-5-2/h6H,4-5H2,1-3H3,(H,17,18,19). The van der Waals surface area contributed by atoms with E-state index in [1.807, 2.05) is 0 Å². The van der Waals surface area contributed by atoms with Gasteiger partial charge < -0.3 is 9.47 Å². The van der Waals surface area contributed by atoms with E-state index in [-0.39, 0.29) is 41.5 Å². The lowest BCUT2D eigenvalue weighted by atomic mass is 10.1. The summed E-state index contributed by atoms with van der Waals surface area (Å²) in [4.78, 5) is 11.8. The van der Waals surface area contributed by atoms with Crippen molar-refractivity contribution in [2.75, 3.05) is 13.2 Å². The Kier molecular flexibility index (Phi) is 4.69. The monoisotopic (exact) mass is 311 g/mol. The molecule has 1 heterocycles. The van der Waals surface area contributed by atoms with Crippen molar-refractivity contribution >= 4 is 5.97 Å². The van der Waals surface area contributed by atoms with Crippen LogP contribution >= 0.6 is 0 Å². The van der Waals surface area contributed by atoms with E-state index in [1.54, 1.807) is 13.8 Å². The van der Waals surface area contributed by atoms with Gasteiger partial charge in [0, 0.05) is 11.1 Å². The molecule has 0 bridgehead atoms. The molecular weight excluding hydrogens is 296 g/mol. The fourth-order valence-electron chi connectivity index (χ4n) is 1.93. The van der Waals surface area contributed by atoms with Gasteiger partial charge in [-0.3, -0.25) is 0 Å². The summed E-state index contributed by atoms with van der Waals surface area (Å²) in [5, 5.41) is 9.58. The first-order chi connectivity index (χ1) is 10.5. The Morgan fingerprint density at radius 3 is 2.59 bits per heavy atom. The predicted octanol–water partition coefficient (Wildman–Crippen LogP) is 2.63. The van der Waals surface area contributed by atoms with Crippen LogP contribution in [0.3, 0.4) is 0 Å². The maximum absolute atomic E-state index is 14.2. The van der Waals surface area contributed by atoms with Crippen LogP contribution in [0.2, 0.25) is 0 Å². The van der Waals surface area contributed by atoms with Gasteiger partial charge in [0.1, 0.15) is 11.4 Å². The fourth-order valence-corrected chi connectivity index (χ4v) is 1.93. The van der Waals surface area contributed by atoms with Crippen LogP contribution in [-0.4, -0.2) is 34.6 Å². The van der Waals surface area contributed by atoms with E-state index < -0.39 is 17.6 Å². The number of rotatable bonds is 5. The number of ether oxygens (including phenoxy) is 2. The van der Waals surface area contributed by atoms with E-state index in [0.29, 0.717) is 0 Å². The van der Waals surface area contributed by atoms with Gasteiger partial charge in [-0.1, -0.05) is 0 Å². The molecule has 0 radical (unpaired) electrons. The molecule has 0 aliphatic rings. The molecule has 0 spiro atoms. The number of H-pyrrole nitrogens is 1. The Balaban J connectivity index is 2.58. The summed E-state index contributed by atoms with van der Waals surface area (Å²) in [5.41, 5.74) is -0.519. The first-order valence-corrected chi connectivity index (χ1v) is 6.70. The number of aromatic amines is 1. The first-order valence-electron chi connectivity index (χ1n) is 6.70. The molecule has 0 unspecified atom stereocenters. The lowest BCUT2D eigenvalue weighted by Crippen LogP contribution is -2.08. The molecule has 1 N–H and O–H groups in total. The predicted molar refractivity (Wildman–Crippen MR) is 73.6 cm³/mol. The fraction of sp³-hybridized carbons (Fsp3) is 0.357. The van der Waals surface area contributed by atoms with E-state index >= 15 is 0 Å². The van der Waals surface area contributed by atoms with Crippen molar-refractivity contribution < 1.29 is 23.0 Å². The summed E-state index contributed by atoms with van der Waals surface area (Å²) >= 11 is 0. The SMILES string of the molecule is CCOC(=O)c1n[nH]nc1-c1cc(OCC)c(C)c(F)c1F. The lowest BCUT2D eigenvalue weighted by molar-refractivity contribution is 0.0520. The average molecular weight is 311 g/mol. The Hall–Kier alpha value is -2.51. The molecule has 1 aromatic carbocycles. The van der Waals surface area contributed by atoms with Gasteiger partial charge >= 0.3 is 5.97 Å². The van der Waals surface area contributed by atoms with Gasteiger partial charge in [-0.25, -0.2) is 13.6 Å². The van der Waals surface area contributed by atoms with Crippen molar-refractivity contribution in [2.45, 2.75) is 20.8 Å². The van der Waals surface area contributed by atoms with Gasteiger partial charge in [-0.2, -0.15) is 10.3 Å². The van der Waals surface area contributed by atoms with E-state index in [0.717, 1.165) is 0 Å². The molecule has 0 amide bonds. The van der Waals surface area contributed by atoms with Crippen LogP contribution in [0, 0.1) is 18.6 Å². The summed E-state index contributed by atoms with van der Waals surface area (Å²) in [6.45, 7) is 5.16. The Bertz CT molecular complexity index is 701. The lowest BCUT2D eigenvalue weighted by Gasteiger charge is -2.11. The molecule has 8 heteroatoms. The maximum Gasteiger partial charge on any atom is 0.361 e. The zero-order valence-corrected chi connectivity index (χ0v) is 12.4. The summed E-state index contributed by atoms with van der Waals surface area (Å²) < 4.78 is 38.3. The van der Waals surface area contributed by atoms with E-state index in [4.69, 9.17) is 9.47 Å². The van der Waals surface area contributed by atoms with Crippen LogP contribution in [0.1, 0.15) is 29.9 Å². The third-order valence-electron chi connectivity index (χ3n) is 2.98. The van der Waals surface area contributed by atoms with Gasteiger partial charge in [-0.15, -0.1) is 5.10 Å². The molecule has 0 atom stereocenters. The van der Waals surface area contributed by atoms with Crippen molar-refractivity contribution in [2.24, 2.45) is 0 Å². The van der Waals surface area contributed by atoms with Gasteiger partial charge in [-0.05, 0) is 26.8 Å². The second-order valence-electron chi connectivity index (χ2n) is 4.35. The number of nitrogens with zero attached hydrogens (tertiary/aromatic N) is 2. The van der Waals surface area contributed by atoms with Crippen LogP contribution in [0.4, 0.5) is 8.78 Å². The van der Waals surface area contributed by atoms with Crippen molar-refractivity contribution in [1.82, 2.24) is 15.4 Å². The van der Waals surface area contributed by atoms with Gasteiger partial charge in [0.05, 0.1) is 13.2 Å². The Morgan fingerprint density at radius 2 is 1.95 bits per heavy atom. The highest BCUT2D eigenvalue weighted by Gasteiger charge is 2.25. The molecule has 0 fully saturated rings. The third-order valence-corrected chi connectivity index (χ3v) is 2.98. The first kappa shape index (κ1) is 15.9. The Morgan fingerprint density at radius 1 is 1.23 bits per heavy atom. The van der Waals surface area contributed by atoms with Crippen LogP contribution in [0.15, 0.2) is 6.07 Å². The highest BCUT2D eigenvalue weighted by molar-refractivity contribution is 5.94. The number of hydrogen-bond acceptors (Lipinski definition) is 5. The zero-order valence-electron chi connectivity index (χ0n) is 12.4. The number of nitrogens with one attached hydrogen (secondary N) is 1. The molecule has 6 nitrogen and oxygen atoms in total. The summed E-state index contributed by atoms with van der Waals surface area (Å²) in [7, 11) is 0. The second kappa shape index (κ2) is 6.50. The molecule has 2 rings (SSSR count). The number of benzene rings is 1. The quantitative estimate of drug-likeness (QED) is 0.859. The van der Waals surface area contributed by atoms with Gasteiger partial charge in [0.15, 0.2) is 17.3 Å². The molecular formula is C14H15F2N3O3. The largest absolute Gasteiger partial charge is 0.493 e. The van der Waals surface area contributed by atoms with E-state index in [9.17, 15) is 13.6 Å². The molecule has 0 saturated carbocycles. The number of carbonyl (C=O) groups excluding carboxylic acids is 1. The summed E-state index contributed by atoms with van der Waals surface area (Å²) in [6.07, 6.45) is 0. The molecule has 2 aromatic rings. The topological polar surface area (TPSA) is 77.1 Å². The van der Waals surface area contributed by atoms with Crippen molar-refractivity contribution in [3.63, 3.8) is 0 Å². The number of aromatic nitrogens is 3. The molecule has 0 aliphatic carbocycles. The maximum atomic E-state index is 14.2. The minimum Gasteiger partial charge on any atom is -0.493 e. The number of halogens is 2. The molecule has 0 aliphatic heterocycles. The smallest absolute Gasteiger partial charge is 0.361 e. The van der Waals surface area contributed by atoms with Crippen LogP contribution in [0.25, 0.3) is 11.3 Å². The van der Waals surface area contributed by atoms with E-state index in [1.165, 1.54) is 13.0 Å². The van der Waals surface area contributed by atoms with Crippen LogP contribution in [-0.2, 0) is 4.74 Å². The molecule has 22 heavy (non-hydrogen) atoms. The second-order valence-corrected chi connectivity index (χ2v) is 4.35. The normalized spacial score (nSPS) is 10.6. The third kappa shape index (κ3) is 2.76. The van der Waals surface area contributed by atoms with Crippen LogP contribution in [0.5, 0.6) is 5.75 Å². The minimum absolute atomic E-state index is 0.0456. The molecule has 118 valence electrons. The van der Waals surface area contributed by atoms with Gasteiger partial charge in [0.2, 0.25) is 0 Å². The van der Waals surface area contributed by atoms with Gasteiger partial charge in [0.25, 0.3) is 0 Å². The van der Waals surface area contributed by atoms with Crippen molar-refractivity contribution in [3.05, 3.63) is 29.0 Å². The number of esters is 1. The van der Waals surface area contributed by atoms with Crippen molar-refractivity contribution in [3.8, 4) is 17.0 Å². The molecule has 1 aromatic heterocycles. The summed E-state index contributed by atoms with van der Waals surface area (Å²) in [5.74, 6) is -2.78. The summed E-state index contributed by atoms with van der Waals surface area (Å²) in [6, 6.07) is 1.29. The number of hydrogen-bond donors (Lipinski definition) is 1. The highest BCUT2D eigenvalue weighted by Crippen LogP contribution is 2.33. The zero-order chi connectivity index (χ0) is 16.3. The van der Waals surface area contributed by atoms with Crippen LogP contribution < -0.4 is 4.74 Å². The average Bonchev–Trinajstić information content (AvgIpc) is 2.97. The molecule has 0 saturated heterocycles. The van der Waals surface area contributed by atoms with Crippen molar-refractivity contribution in [1.29, 1.82) is 0 Å².